The Labute approximate surface area is 146 Å². The van der Waals surface area contributed by atoms with Crippen LogP contribution in [0.1, 0.15) is 24.1 Å². The number of fused-ring (bicyclic) bond motifs is 1. The van der Waals surface area contributed by atoms with Crippen molar-refractivity contribution >= 4 is 16.7 Å². The van der Waals surface area contributed by atoms with Crippen LogP contribution in [0.15, 0.2) is 12.1 Å². The second-order valence-corrected chi connectivity index (χ2v) is 6.20. The lowest BCUT2D eigenvalue weighted by atomic mass is 9.99. The number of aryl methyl sites for hydroxylation is 1. The van der Waals surface area contributed by atoms with Gasteiger partial charge in [-0.2, -0.15) is 13.2 Å². The van der Waals surface area contributed by atoms with Crippen molar-refractivity contribution in [1.82, 2.24) is 15.3 Å². The Bertz CT molecular complexity index is 836. The molecule has 0 amide bonds. The summed E-state index contributed by atoms with van der Waals surface area (Å²) in [5.74, 6) is 0.494. The van der Waals surface area contributed by atoms with Gasteiger partial charge in [0.15, 0.2) is 5.56 Å². The summed E-state index contributed by atoms with van der Waals surface area (Å²) in [4.78, 5) is 17.9. The third-order valence-electron chi connectivity index (χ3n) is 4.34. The van der Waals surface area contributed by atoms with Gasteiger partial charge in [0, 0.05) is 6.07 Å². The number of nitro benzene ring substituents is 1. The van der Waals surface area contributed by atoms with Crippen molar-refractivity contribution in [2.45, 2.75) is 25.9 Å². The fraction of sp³-hybridized carbons (Fsp3) is 0.500. The summed E-state index contributed by atoms with van der Waals surface area (Å²) < 4.78 is 45.7. The van der Waals surface area contributed by atoms with Crippen LogP contribution in [0.25, 0.3) is 11.0 Å². The molecule has 10 heteroatoms. The van der Waals surface area contributed by atoms with E-state index in [0.717, 1.165) is 38.1 Å². The maximum absolute atomic E-state index is 13.4. The minimum atomic E-state index is -4.92. The zero-order valence-corrected chi connectivity index (χ0v) is 14.0. The van der Waals surface area contributed by atoms with E-state index < -0.39 is 27.9 Å². The van der Waals surface area contributed by atoms with Crippen molar-refractivity contribution in [2.75, 3.05) is 19.7 Å². The molecule has 7 nitrogen and oxygen atoms in total. The van der Waals surface area contributed by atoms with E-state index in [1.165, 1.54) is 6.92 Å². The molecule has 0 bridgehead atoms. The Morgan fingerprint density at radius 3 is 2.62 bits per heavy atom. The molecular formula is C16H17F3N4O3. The maximum Gasteiger partial charge on any atom is 0.425 e. The number of benzene rings is 1. The van der Waals surface area contributed by atoms with Crippen LogP contribution in [0.5, 0.6) is 5.88 Å². The van der Waals surface area contributed by atoms with E-state index in [-0.39, 0.29) is 17.1 Å². The van der Waals surface area contributed by atoms with Crippen LogP contribution >= 0.6 is 0 Å². The number of ether oxygens (including phenoxy) is 1. The SMILES string of the molecule is Cc1nc2c(C(F)(F)F)c([N+](=O)[O-])ccc2nc1OCC1CCNCC1. The molecule has 2 aromatic rings. The molecule has 1 saturated heterocycles. The predicted molar refractivity (Wildman–Crippen MR) is 87.0 cm³/mol. The zero-order valence-electron chi connectivity index (χ0n) is 14.0. The molecule has 3 rings (SSSR count). The van der Waals surface area contributed by atoms with Gasteiger partial charge in [-0.05, 0) is 44.8 Å². The molecule has 1 N–H and O–H groups in total. The molecule has 1 aromatic heterocycles. The number of rotatable bonds is 4. The molecule has 2 heterocycles. The molecule has 26 heavy (non-hydrogen) atoms. The number of halogens is 3. The Balaban J connectivity index is 1.98. The lowest BCUT2D eigenvalue weighted by Gasteiger charge is -2.22. The minimum Gasteiger partial charge on any atom is -0.476 e. The summed E-state index contributed by atoms with van der Waals surface area (Å²) >= 11 is 0. The summed E-state index contributed by atoms with van der Waals surface area (Å²) in [7, 11) is 0. The van der Waals surface area contributed by atoms with Crippen molar-refractivity contribution in [3.63, 3.8) is 0 Å². The molecule has 1 aliphatic rings. The number of hydrogen-bond acceptors (Lipinski definition) is 6. The Morgan fingerprint density at radius 2 is 2.00 bits per heavy atom. The van der Waals surface area contributed by atoms with Gasteiger partial charge in [-0.15, -0.1) is 0 Å². The van der Waals surface area contributed by atoms with Crippen LogP contribution in [0.4, 0.5) is 18.9 Å². The van der Waals surface area contributed by atoms with E-state index in [1.807, 2.05) is 0 Å². The summed E-state index contributed by atoms with van der Waals surface area (Å²) in [6, 6.07) is 1.96. The molecule has 0 spiro atoms. The molecule has 0 aliphatic carbocycles. The van der Waals surface area contributed by atoms with E-state index in [0.29, 0.717) is 12.5 Å². The number of aromatic nitrogens is 2. The third-order valence-corrected chi connectivity index (χ3v) is 4.34. The van der Waals surface area contributed by atoms with Gasteiger partial charge >= 0.3 is 6.18 Å². The lowest BCUT2D eigenvalue weighted by Crippen LogP contribution is -2.30. The van der Waals surface area contributed by atoms with Crippen LogP contribution in [0.2, 0.25) is 0 Å². The topological polar surface area (TPSA) is 90.2 Å². The van der Waals surface area contributed by atoms with Gasteiger partial charge in [0.05, 0.1) is 17.0 Å². The van der Waals surface area contributed by atoms with Crippen molar-refractivity contribution in [3.8, 4) is 5.88 Å². The summed E-state index contributed by atoms with van der Waals surface area (Å²) in [6.07, 6.45) is -3.02. The third kappa shape index (κ3) is 3.69. The normalized spacial score (nSPS) is 16.0. The lowest BCUT2D eigenvalue weighted by molar-refractivity contribution is -0.387. The number of nitrogens with one attached hydrogen (secondary N) is 1. The number of alkyl halides is 3. The standard InChI is InChI=1S/C16H17F3N4O3/c1-9-15(26-8-10-4-6-20-7-5-10)22-11-2-3-12(23(24)25)13(14(11)21-9)16(17,18)19/h2-3,10,20H,4-8H2,1H3. The monoisotopic (exact) mass is 370 g/mol. The number of hydrogen-bond donors (Lipinski definition) is 1. The summed E-state index contributed by atoms with van der Waals surface area (Å²) in [5.41, 5.74) is -2.90. The Morgan fingerprint density at radius 1 is 1.31 bits per heavy atom. The van der Waals surface area contributed by atoms with E-state index in [2.05, 4.69) is 15.3 Å². The first-order valence-corrected chi connectivity index (χ1v) is 8.14. The highest BCUT2D eigenvalue weighted by atomic mass is 19.4. The predicted octanol–water partition coefficient (Wildman–Crippen LogP) is 3.24. The summed E-state index contributed by atoms with van der Waals surface area (Å²) in [6.45, 7) is 3.68. The molecular weight excluding hydrogens is 353 g/mol. The van der Waals surface area contributed by atoms with Gasteiger partial charge in [0.25, 0.3) is 5.69 Å². The van der Waals surface area contributed by atoms with Gasteiger partial charge in [0.2, 0.25) is 5.88 Å². The van der Waals surface area contributed by atoms with Crippen LogP contribution < -0.4 is 10.1 Å². The van der Waals surface area contributed by atoms with Crippen LogP contribution in [-0.2, 0) is 6.18 Å². The van der Waals surface area contributed by atoms with Crippen molar-refractivity contribution in [2.24, 2.45) is 5.92 Å². The quantitative estimate of drug-likeness (QED) is 0.656. The van der Waals surface area contributed by atoms with Gasteiger partial charge < -0.3 is 10.1 Å². The van der Waals surface area contributed by atoms with Crippen LogP contribution in [-0.4, -0.2) is 34.6 Å². The first-order chi connectivity index (χ1) is 12.3. The smallest absolute Gasteiger partial charge is 0.425 e. The van der Waals surface area contributed by atoms with Crippen molar-refractivity contribution in [3.05, 3.63) is 33.5 Å². The highest BCUT2D eigenvalue weighted by Gasteiger charge is 2.41. The van der Waals surface area contributed by atoms with E-state index in [4.69, 9.17) is 4.74 Å². The Kier molecular flexibility index (Phi) is 4.94. The number of nitro groups is 1. The van der Waals surface area contributed by atoms with Gasteiger partial charge in [-0.1, -0.05) is 0 Å². The minimum absolute atomic E-state index is 0.0890. The largest absolute Gasteiger partial charge is 0.476 e. The fourth-order valence-electron chi connectivity index (χ4n) is 2.99. The van der Waals surface area contributed by atoms with Crippen molar-refractivity contribution < 1.29 is 22.8 Å². The first kappa shape index (κ1) is 18.3. The molecule has 0 radical (unpaired) electrons. The highest BCUT2D eigenvalue weighted by Crippen LogP contribution is 2.40. The second-order valence-electron chi connectivity index (χ2n) is 6.20. The zero-order chi connectivity index (χ0) is 18.9. The van der Waals surface area contributed by atoms with Crippen LogP contribution in [0, 0.1) is 23.0 Å². The van der Waals surface area contributed by atoms with Gasteiger partial charge in [-0.25, -0.2) is 9.97 Å². The molecule has 1 aliphatic heterocycles. The van der Waals surface area contributed by atoms with E-state index in [9.17, 15) is 23.3 Å². The second kappa shape index (κ2) is 7.02. The summed E-state index contributed by atoms with van der Waals surface area (Å²) in [5, 5.41) is 14.2. The van der Waals surface area contributed by atoms with Crippen molar-refractivity contribution in [1.29, 1.82) is 0 Å². The molecule has 1 fully saturated rings. The molecule has 0 unspecified atom stereocenters. The first-order valence-electron chi connectivity index (χ1n) is 8.14. The molecule has 0 atom stereocenters. The number of nitrogens with zero attached hydrogens (tertiary/aromatic N) is 3. The fourth-order valence-corrected chi connectivity index (χ4v) is 2.99. The average molecular weight is 370 g/mol. The van der Waals surface area contributed by atoms with Gasteiger partial charge in [-0.3, -0.25) is 10.1 Å². The van der Waals surface area contributed by atoms with Crippen LogP contribution in [0.3, 0.4) is 0 Å². The molecule has 1 aromatic carbocycles. The average Bonchev–Trinajstić information content (AvgIpc) is 2.58. The molecule has 0 saturated carbocycles. The highest BCUT2D eigenvalue weighted by molar-refractivity contribution is 5.83. The molecule has 140 valence electrons. The van der Waals surface area contributed by atoms with E-state index >= 15 is 0 Å². The Hall–Kier alpha value is -2.49. The maximum atomic E-state index is 13.4. The number of piperidine rings is 1. The van der Waals surface area contributed by atoms with E-state index in [1.54, 1.807) is 0 Å². The van der Waals surface area contributed by atoms with Gasteiger partial charge in [0.1, 0.15) is 11.2 Å².